The fourth-order valence-corrected chi connectivity index (χ4v) is 0.694. The Morgan fingerprint density at radius 2 is 1.92 bits per heavy atom. The summed E-state index contributed by atoms with van der Waals surface area (Å²) in [4.78, 5) is 0. The average Bonchev–Trinajstić information content (AvgIpc) is 2.08. The molecule has 0 radical (unpaired) electrons. The highest BCUT2D eigenvalue weighted by Crippen LogP contribution is 2.00. The van der Waals surface area contributed by atoms with E-state index in [0.29, 0.717) is 5.70 Å². The minimum absolute atomic E-state index is 0. The topological polar surface area (TPSA) is 78.1 Å². The maximum atomic E-state index is 5.59. The first-order valence-electron chi connectivity index (χ1n) is 4.58. The molecule has 0 bridgehead atoms. The van der Waals surface area contributed by atoms with Crippen molar-refractivity contribution in [3.8, 4) is 0 Å². The highest BCUT2D eigenvalue weighted by Gasteiger charge is 2.01. The summed E-state index contributed by atoms with van der Waals surface area (Å²) in [5.74, 6) is 0. The Morgan fingerprint density at radius 3 is 2.25 bits per heavy atom. The Morgan fingerprint density at radius 1 is 1.42 bits per heavy atom. The van der Waals surface area contributed by atoms with Crippen LogP contribution in [0.4, 0.5) is 0 Å². The molecule has 0 spiro atoms. The summed E-state index contributed by atoms with van der Waals surface area (Å²) in [5, 5.41) is 0. The van der Waals surface area contributed by atoms with Crippen molar-refractivity contribution in [3.63, 3.8) is 0 Å². The maximum Gasteiger partial charge on any atom is 0.0436 e. The molecule has 0 fully saturated rings. The first-order chi connectivity index (χ1) is 5.68. The summed E-state index contributed by atoms with van der Waals surface area (Å²) in [6.45, 7) is 8.28. The van der Waals surface area contributed by atoms with Crippen LogP contribution in [0.25, 0.3) is 0 Å². The van der Waals surface area contributed by atoms with Crippen molar-refractivity contribution in [2.45, 2.75) is 39.2 Å². The molecule has 0 aliphatic carbocycles. The van der Waals surface area contributed by atoms with Gasteiger partial charge in [0.1, 0.15) is 0 Å². The Bertz CT molecular complexity index is 110. The zero-order valence-corrected chi connectivity index (χ0v) is 8.34. The Balaban J connectivity index is -0.000000117. The molecule has 3 nitrogen and oxygen atoms in total. The molecule has 0 aromatic carbocycles. The monoisotopic (exact) mass is 177 g/mol. The van der Waals surface area contributed by atoms with E-state index in [1.54, 1.807) is 0 Å². The van der Waals surface area contributed by atoms with E-state index in [0.717, 1.165) is 25.8 Å². The van der Waals surface area contributed by atoms with Gasteiger partial charge in [0, 0.05) is 14.6 Å². The van der Waals surface area contributed by atoms with Crippen molar-refractivity contribution >= 4 is 0 Å². The summed E-state index contributed by atoms with van der Waals surface area (Å²) in [6, 6.07) is -0.0495. The van der Waals surface area contributed by atoms with Gasteiger partial charge in [-0.1, -0.05) is 26.8 Å². The lowest BCUT2D eigenvalue weighted by atomic mass is 10.1. The van der Waals surface area contributed by atoms with E-state index in [1.807, 2.05) is 13.8 Å². The van der Waals surface area contributed by atoms with Crippen molar-refractivity contribution in [2.75, 3.05) is 6.54 Å². The molecule has 0 saturated heterocycles. The van der Waals surface area contributed by atoms with Crippen molar-refractivity contribution < 1.29 is 2.85 Å². The lowest BCUT2D eigenvalue weighted by Crippen LogP contribution is -2.26. The van der Waals surface area contributed by atoms with Crippen LogP contribution in [0.3, 0.4) is 0 Å². The van der Waals surface area contributed by atoms with E-state index in [-0.39, 0.29) is 8.90 Å². The van der Waals surface area contributed by atoms with Crippen molar-refractivity contribution in [1.29, 1.82) is 0 Å². The number of nitrogens with two attached hydrogens (primary N) is 3. The fraction of sp³-hybridized carbons (Fsp3) is 0.778. The van der Waals surface area contributed by atoms with E-state index in [1.165, 1.54) is 0 Å². The third kappa shape index (κ3) is 9.46. The molecular formula is C9H27N3. The van der Waals surface area contributed by atoms with Crippen LogP contribution in [0.5, 0.6) is 0 Å². The quantitative estimate of drug-likeness (QED) is 0.556. The van der Waals surface area contributed by atoms with Gasteiger partial charge in [0.05, 0.1) is 0 Å². The van der Waals surface area contributed by atoms with Gasteiger partial charge in [0.25, 0.3) is 0 Å². The smallest absolute Gasteiger partial charge is 0.0436 e. The molecule has 0 aliphatic rings. The highest BCUT2D eigenvalue weighted by molar-refractivity contribution is 4.97. The zero-order valence-electron chi connectivity index (χ0n) is 8.34. The standard InChI is InChI=1S/C7H17N3.C2H6.2H2/c1-6(9)7(10)4-2-3-5-8;1-2;;/h7H,1-5,8-10H2;1-2H3;2*1H. The summed E-state index contributed by atoms with van der Waals surface area (Å²) < 4.78 is 0. The number of unbranched alkanes of at least 4 members (excludes halogenated alkanes) is 1. The van der Waals surface area contributed by atoms with Crippen molar-refractivity contribution in [2.24, 2.45) is 17.2 Å². The predicted octanol–water partition coefficient (Wildman–Crippen LogP) is 1.43. The zero-order chi connectivity index (χ0) is 9.98. The molecule has 0 heterocycles. The van der Waals surface area contributed by atoms with Gasteiger partial charge in [-0.05, 0) is 19.4 Å². The second-order valence-electron chi connectivity index (χ2n) is 2.47. The normalized spacial score (nSPS) is 11.3. The van der Waals surface area contributed by atoms with E-state index >= 15 is 0 Å². The van der Waals surface area contributed by atoms with E-state index in [4.69, 9.17) is 17.2 Å². The summed E-state index contributed by atoms with van der Waals surface area (Å²) >= 11 is 0. The first kappa shape index (κ1) is 14.0. The molecule has 0 rings (SSSR count). The molecule has 1 atom stereocenters. The summed E-state index contributed by atoms with van der Waals surface area (Å²) in [7, 11) is 0. The minimum atomic E-state index is -0.0495. The molecule has 12 heavy (non-hydrogen) atoms. The molecular weight excluding hydrogens is 150 g/mol. The first-order valence-corrected chi connectivity index (χ1v) is 4.58. The maximum absolute atomic E-state index is 5.59. The summed E-state index contributed by atoms with van der Waals surface area (Å²) in [6.07, 6.45) is 2.95. The second-order valence-corrected chi connectivity index (χ2v) is 2.47. The van der Waals surface area contributed by atoms with Crippen LogP contribution >= 0.6 is 0 Å². The van der Waals surface area contributed by atoms with Gasteiger partial charge in [0.2, 0.25) is 0 Å². The third-order valence-corrected chi connectivity index (χ3v) is 1.45. The summed E-state index contributed by atoms with van der Waals surface area (Å²) in [5.41, 5.74) is 16.8. The Kier molecular flexibility index (Phi) is 12.2. The van der Waals surface area contributed by atoms with Crippen LogP contribution in [0.2, 0.25) is 0 Å². The van der Waals surface area contributed by atoms with E-state index in [2.05, 4.69) is 6.58 Å². The van der Waals surface area contributed by atoms with Crippen LogP contribution in [0.1, 0.15) is 36.0 Å². The Hall–Kier alpha value is -0.540. The van der Waals surface area contributed by atoms with Gasteiger partial charge in [-0.2, -0.15) is 0 Å². The van der Waals surface area contributed by atoms with E-state index < -0.39 is 0 Å². The SMILES string of the molecule is C=C(N)C(N)CCCCN.CC.[HH].[HH]. The molecule has 0 aromatic heterocycles. The van der Waals surface area contributed by atoms with Gasteiger partial charge < -0.3 is 17.2 Å². The van der Waals surface area contributed by atoms with Gasteiger partial charge in [-0.25, -0.2) is 0 Å². The van der Waals surface area contributed by atoms with Gasteiger partial charge in [-0.15, -0.1) is 0 Å². The van der Waals surface area contributed by atoms with Crippen LogP contribution in [0, 0.1) is 0 Å². The van der Waals surface area contributed by atoms with Gasteiger partial charge in [0.15, 0.2) is 0 Å². The van der Waals surface area contributed by atoms with Gasteiger partial charge in [-0.3, -0.25) is 0 Å². The molecule has 6 N–H and O–H groups in total. The molecule has 1 unspecified atom stereocenters. The minimum Gasteiger partial charge on any atom is -0.401 e. The molecule has 0 amide bonds. The number of rotatable bonds is 5. The molecule has 0 aromatic rings. The molecule has 0 aliphatic heterocycles. The van der Waals surface area contributed by atoms with E-state index in [9.17, 15) is 0 Å². The highest BCUT2D eigenvalue weighted by atomic mass is 14.7. The lowest BCUT2D eigenvalue weighted by molar-refractivity contribution is 0.615. The van der Waals surface area contributed by atoms with Crippen molar-refractivity contribution in [1.82, 2.24) is 0 Å². The molecule has 78 valence electrons. The Labute approximate surface area is 79.0 Å². The second kappa shape index (κ2) is 10.5. The van der Waals surface area contributed by atoms with Crippen LogP contribution in [-0.4, -0.2) is 12.6 Å². The largest absolute Gasteiger partial charge is 0.401 e. The molecule has 3 heteroatoms. The number of hydrogen-bond donors (Lipinski definition) is 3. The van der Waals surface area contributed by atoms with Crippen LogP contribution in [0.15, 0.2) is 12.3 Å². The average molecular weight is 177 g/mol. The third-order valence-electron chi connectivity index (χ3n) is 1.45. The predicted molar refractivity (Wildman–Crippen MR) is 59.8 cm³/mol. The van der Waals surface area contributed by atoms with Crippen molar-refractivity contribution in [3.05, 3.63) is 12.3 Å². The van der Waals surface area contributed by atoms with Gasteiger partial charge >= 0.3 is 0 Å². The molecule has 0 saturated carbocycles. The van der Waals surface area contributed by atoms with Crippen LogP contribution in [-0.2, 0) is 0 Å². The number of hydrogen-bond acceptors (Lipinski definition) is 3. The van der Waals surface area contributed by atoms with Crippen LogP contribution < -0.4 is 17.2 Å². The lowest BCUT2D eigenvalue weighted by Gasteiger charge is -2.09. The fourth-order valence-electron chi connectivity index (χ4n) is 0.694.